The molecule has 1 aliphatic rings. The Morgan fingerprint density at radius 2 is 1.90 bits per heavy atom. The van der Waals surface area contributed by atoms with E-state index in [1.54, 1.807) is 20.3 Å². The predicted octanol–water partition coefficient (Wildman–Crippen LogP) is 1.54. The molecule has 0 amide bonds. The zero-order valence-corrected chi connectivity index (χ0v) is 12.9. The standard InChI is InChI=1S/C14H21NO4S/c1-10-6-7-20(16,17)9-12(15-10)11-4-5-13(18-2)14(8-11)19-3/h4-5,8,10,12,15H,6-7,9H2,1-3H3. The Kier molecular flexibility index (Phi) is 4.55. The fourth-order valence-corrected chi connectivity index (χ4v) is 4.11. The first kappa shape index (κ1) is 15.1. The summed E-state index contributed by atoms with van der Waals surface area (Å²) in [6, 6.07) is 5.48. The van der Waals surface area contributed by atoms with Crippen LogP contribution in [-0.4, -0.2) is 40.2 Å². The van der Waals surface area contributed by atoms with Gasteiger partial charge in [-0.2, -0.15) is 0 Å². The van der Waals surface area contributed by atoms with Crippen molar-refractivity contribution in [1.29, 1.82) is 0 Å². The molecule has 0 aromatic heterocycles. The summed E-state index contributed by atoms with van der Waals surface area (Å²) in [6.07, 6.45) is 0.645. The van der Waals surface area contributed by atoms with Gasteiger partial charge in [0.2, 0.25) is 0 Å². The minimum absolute atomic E-state index is 0.118. The molecule has 6 heteroatoms. The maximum absolute atomic E-state index is 12.0. The summed E-state index contributed by atoms with van der Waals surface area (Å²) in [5.74, 6) is 1.61. The van der Waals surface area contributed by atoms with E-state index in [0.29, 0.717) is 17.9 Å². The Hall–Kier alpha value is -1.27. The third-order valence-electron chi connectivity index (χ3n) is 3.58. The lowest BCUT2D eigenvalue weighted by Crippen LogP contribution is -2.31. The topological polar surface area (TPSA) is 64.6 Å². The van der Waals surface area contributed by atoms with E-state index >= 15 is 0 Å². The van der Waals surface area contributed by atoms with Crippen molar-refractivity contribution >= 4 is 9.84 Å². The molecular weight excluding hydrogens is 278 g/mol. The molecule has 0 spiro atoms. The Labute approximate surface area is 120 Å². The van der Waals surface area contributed by atoms with Crippen molar-refractivity contribution < 1.29 is 17.9 Å². The van der Waals surface area contributed by atoms with Crippen LogP contribution in [0.15, 0.2) is 18.2 Å². The lowest BCUT2D eigenvalue weighted by molar-refractivity contribution is 0.353. The van der Waals surface area contributed by atoms with Crippen molar-refractivity contribution in [3.63, 3.8) is 0 Å². The molecule has 1 saturated heterocycles. The first-order chi connectivity index (χ1) is 9.45. The number of rotatable bonds is 3. The molecule has 1 aromatic rings. The predicted molar refractivity (Wildman–Crippen MR) is 78.2 cm³/mol. The van der Waals surface area contributed by atoms with Gasteiger partial charge in [0.25, 0.3) is 0 Å². The second-order valence-corrected chi connectivity index (χ2v) is 7.37. The highest BCUT2D eigenvalue weighted by Gasteiger charge is 2.27. The first-order valence-electron chi connectivity index (χ1n) is 6.63. The molecule has 0 aliphatic carbocycles. The second kappa shape index (κ2) is 6.01. The second-order valence-electron chi connectivity index (χ2n) is 5.14. The zero-order valence-electron chi connectivity index (χ0n) is 12.0. The Balaban J connectivity index is 2.33. The van der Waals surface area contributed by atoms with Gasteiger partial charge in [-0.15, -0.1) is 0 Å². The van der Waals surface area contributed by atoms with Crippen molar-refractivity contribution in [3.05, 3.63) is 23.8 Å². The van der Waals surface area contributed by atoms with Gasteiger partial charge in [-0.25, -0.2) is 8.42 Å². The number of methoxy groups -OCH3 is 2. The van der Waals surface area contributed by atoms with Crippen LogP contribution in [0.3, 0.4) is 0 Å². The summed E-state index contributed by atoms with van der Waals surface area (Å²) in [5, 5.41) is 3.36. The molecule has 112 valence electrons. The fraction of sp³-hybridized carbons (Fsp3) is 0.571. The summed E-state index contributed by atoms with van der Waals surface area (Å²) in [6.45, 7) is 2.01. The van der Waals surface area contributed by atoms with E-state index in [4.69, 9.17) is 9.47 Å². The Bertz CT molecular complexity index is 571. The Morgan fingerprint density at radius 1 is 1.20 bits per heavy atom. The monoisotopic (exact) mass is 299 g/mol. The number of benzene rings is 1. The van der Waals surface area contributed by atoms with E-state index in [1.807, 2.05) is 19.1 Å². The van der Waals surface area contributed by atoms with Gasteiger partial charge in [-0.3, -0.25) is 0 Å². The van der Waals surface area contributed by atoms with Crippen LogP contribution in [0, 0.1) is 0 Å². The van der Waals surface area contributed by atoms with Gasteiger partial charge in [0.15, 0.2) is 21.3 Å². The average molecular weight is 299 g/mol. The largest absolute Gasteiger partial charge is 0.493 e. The fourth-order valence-electron chi connectivity index (χ4n) is 2.43. The smallest absolute Gasteiger partial charge is 0.161 e. The maximum Gasteiger partial charge on any atom is 0.161 e. The normalized spacial score (nSPS) is 25.8. The van der Waals surface area contributed by atoms with Crippen LogP contribution in [0.5, 0.6) is 11.5 Å². The molecule has 1 heterocycles. The summed E-state index contributed by atoms with van der Waals surface area (Å²) in [4.78, 5) is 0. The van der Waals surface area contributed by atoms with Crippen LogP contribution >= 0.6 is 0 Å². The molecular formula is C14H21NO4S. The maximum atomic E-state index is 12.0. The molecule has 1 N–H and O–H groups in total. The van der Waals surface area contributed by atoms with E-state index in [0.717, 1.165) is 5.56 Å². The summed E-state index contributed by atoms with van der Waals surface area (Å²) >= 11 is 0. The molecule has 2 atom stereocenters. The van der Waals surface area contributed by atoms with Gasteiger partial charge in [-0.05, 0) is 31.0 Å². The number of ether oxygens (including phenoxy) is 2. The SMILES string of the molecule is COc1ccc(C2CS(=O)(=O)CCC(C)N2)cc1OC. The van der Waals surface area contributed by atoms with Gasteiger partial charge < -0.3 is 14.8 Å². The van der Waals surface area contributed by atoms with Crippen molar-refractivity contribution in [3.8, 4) is 11.5 Å². The number of hydrogen-bond donors (Lipinski definition) is 1. The molecule has 1 aliphatic heterocycles. The summed E-state index contributed by atoms with van der Waals surface area (Å²) in [5.41, 5.74) is 0.903. The third-order valence-corrected chi connectivity index (χ3v) is 5.28. The number of nitrogens with one attached hydrogen (secondary N) is 1. The lowest BCUT2D eigenvalue weighted by Gasteiger charge is -2.20. The lowest BCUT2D eigenvalue weighted by atomic mass is 10.1. The van der Waals surface area contributed by atoms with Crippen LogP contribution < -0.4 is 14.8 Å². The average Bonchev–Trinajstić information content (AvgIpc) is 2.56. The third kappa shape index (κ3) is 3.43. The molecule has 20 heavy (non-hydrogen) atoms. The number of sulfone groups is 1. The highest BCUT2D eigenvalue weighted by molar-refractivity contribution is 7.91. The molecule has 2 unspecified atom stereocenters. The quantitative estimate of drug-likeness (QED) is 0.917. The van der Waals surface area contributed by atoms with Crippen molar-refractivity contribution in [1.82, 2.24) is 5.32 Å². The van der Waals surface area contributed by atoms with Crippen LogP contribution in [0.25, 0.3) is 0 Å². The molecule has 0 radical (unpaired) electrons. The summed E-state index contributed by atoms with van der Waals surface area (Å²) < 4.78 is 34.4. The molecule has 1 fully saturated rings. The van der Waals surface area contributed by atoms with Crippen molar-refractivity contribution in [2.24, 2.45) is 0 Å². The van der Waals surface area contributed by atoms with Crippen LogP contribution in [-0.2, 0) is 9.84 Å². The Morgan fingerprint density at radius 3 is 2.55 bits per heavy atom. The van der Waals surface area contributed by atoms with Gasteiger partial charge >= 0.3 is 0 Å². The van der Waals surface area contributed by atoms with Crippen LogP contribution in [0.4, 0.5) is 0 Å². The highest BCUT2D eigenvalue weighted by atomic mass is 32.2. The van der Waals surface area contributed by atoms with Crippen molar-refractivity contribution in [2.45, 2.75) is 25.4 Å². The zero-order chi connectivity index (χ0) is 14.8. The molecule has 5 nitrogen and oxygen atoms in total. The molecule has 1 aromatic carbocycles. The van der Waals surface area contributed by atoms with E-state index in [1.165, 1.54) is 0 Å². The van der Waals surface area contributed by atoms with Gasteiger partial charge in [-0.1, -0.05) is 6.07 Å². The minimum atomic E-state index is -3.02. The van der Waals surface area contributed by atoms with E-state index < -0.39 is 9.84 Å². The van der Waals surface area contributed by atoms with Crippen LogP contribution in [0.1, 0.15) is 24.9 Å². The van der Waals surface area contributed by atoms with E-state index in [2.05, 4.69) is 5.32 Å². The van der Waals surface area contributed by atoms with Gasteiger partial charge in [0, 0.05) is 12.1 Å². The molecule has 2 rings (SSSR count). The van der Waals surface area contributed by atoms with Crippen molar-refractivity contribution in [2.75, 3.05) is 25.7 Å². The first-order valence-corrected chi connectivity index (χ1v) is 8.45. The van der Waals surface area contributed by atoms with Gasteiger partial charge in [0.1, 0.15) is 0 Å². The van der Waals surface area contributed by atoms with Crippen LogP contribution in [0.2, 0.25) is 0 Å². The van der Waals surface area contributed by atoms with E-state index in [9.17, 15) is 8.42 Å². The molecule has 0 bridgehead atoms. The summed E-state index contributed by atoms with van der Waals surface area (Å²) in [7, 11) is 0.129. The highest BCUT2D eigenvalue weighted by Crippen LogP contribution is 2.31. The number of hydrogen-bond acceptors (Lipinski definition) is 5. The molecule has 0 saturated carbocycles. The van der Waals surface area contributed by atoms with Gasteiger partial charge in [0.05, 0.1) is 25.7 Å². The van der Waals surface area contributed by atoms with E-state index in [-0.39, 0.29) is 23.6 Å². The minimum Gasteiger partial charge on any atom is -0.493 e.